The molecule has 6 rings (SSSR count). The van der Waals surface area contributed by atoms with Crippen LogP contribution in [0.15, 0.2) is 69.9 Å². The lowest BCUT2D eigenvalue weighted by atomic mass is 9.99. The van der Waals surface area contributed by atoms with Crippen molar-refractivity contribution in [3.8, 4) is 45.8 Å². The van der Waals surface area contributed by atoms with E-state index in [1.54, 1.807) is 0 Å². The molecule has 4 aromatic rings. The zero-order valence-corrected chi connectivity index (χ0v) is 29.2. The molecule has 5 unspecified atom stereocenters. The first-order chi connectivity index (χ1) is 26.7. The van der Waals surface area contributed by atoms with Crippen LogP contribution in [-0.2, 0) is 19.0 Å². The normalized spacial score (nSPS) is 27.9. The van der Waals surface area contributed by atoms with E-state index in [0.717, 1.165) is 18.2 Å². The quantitative estimate of drug-likeness (QED) is 0.0658. The van der Waals surface area contributed by atoms with Crippen LogP contribution in [0.1, 0.15) is 5.56 Å². The lowest BCUT2D eigenvalue weighted by Gasteiger charge is -2.39. The molecule has 0 bridgehead atoms. The predicted octanol–water partition coefficient (Wildman–Crippen LogP) is -0.793. The van der Waals surface area contributed by atoms with Gasteiger partial charge in [-0.25, -0.2) is 4.79 Å². The van der Waals surface area contributed by atoms with Crippen molar-refractivity contribution < 1.29 is 88.7 Å². The van der Waals surface area contributed by atoms with E-state index in [1.807, 2.05) is 0 Å². The molecule has 0 amide bonds. The Hall–Kier alpha value is -5.48. The van der Waals surface area contributed by atoms with E-state index in [2.05, 4.69) is 0 Å². The molecular formula is C37H38O19. The number of methoxy groups -OCH3 is 1. The number of hydrogen-bond acceptors (Lipinski definition) is 19. The number of aliphatic hydroxyl groups is 7. The molecule has 2 aliphatic heterocycles. The predicted molar refractivity (Wildman–Crippen MR) is 188 cm³/mol. The van der Waals surface area contributed by atoms with Crippen LogP contribution < -0.4 is 19.6 Å². The van der Waals surface area contributed by atoms with Crippen molar-refractivity contribution in [2.24, 2.45) is 0 Å². The number of carbonyl (C=O) groups excluding carboxylic acids is 1. The maximum absolute atomic E-state index is 14.1. The summed E-state index contributed by atoms with van der Waals surface area (Å²) in [6, 6.07) is 11.7. The Bertz CT molecular complexity index is 2110. The number of phenolic OH excluding ortho intramolecular Hbond substituents is 3. The van der Waals surface area contributed by atoms with Crippen molar-refractivity contribution in [2.75, 3.05) is 20.3 Å². The number of hydrogen-bond donors (Lipinski definition) is 10. The van der Waals surface area contributed by atoms with Gasteiger partial charge in [-0.05, 0) is 42.0 Å². The minimum absolute atomic E-state index is 0.0210. The van der Waals surface area contributed by atoms with E-state index < -0.39 is 109 Å². The van der Waals surface area contributed by atoms with Gasteiger partial charge in [-0.1, -0.05) is 12.1 Å². The highest BCUT2D eigenvalue weighted by molar-refractivity contribution is 5.89. The van der Waals surface area contributed by atoms with Crippen LogP contribution in [0, 0.1) is 0 Å². The fraction of sp³-hybridized carbons (Fsp3) is 0.351. The number of fused-ring (bicyclic) bond motifs is 1. The molecule has 2 fully saturated rings. The SMILES string of the molecule is COc1cc(-c2oc3cc(OC4OC(CO)C(O)C(O)C4O)cc(O)c3c(=O)c2O[C@@H]2O[C@H](COC(=O)/C=C/c3ccc(O)cc3)[C@@H](O)[C@H](O)[C@H]2O)ccc1O. The summed E-state index contributed by atoms with van der Waals surface area (Å²) in [6.07, 6.45) is -15.0. The van der Waals surface area contributed by atoms with E-state index in [9.17, 15) is 60.7 Å². The van der Waals surface area contributed by atoms with Crippen molar-refractivity contribution in [2.45, 2.75) is 61.4 Å². The van der Waals surface area contributed by atoms with Gasteiger partial charge in [0.05, 0.1) is 13.7 Å². The van der Waals surface area contributed by atoms with Gasteiger partial charge in [-0.3, -0.25) is 4.79 Å². The number of phenols is 3. The smallest absolute Gasteiger partial charge is 0.330 e. The molecular weight excluding hydrogens is 748 g/mol. The first-order valence-electron chi connectivity index (χ1n) is 16.9. The second kappa shape index (κ2) is 16.7. The maximum atomic E-state index is 14.1. The molecule has 19 nitrogen and oxygen atoms in total. The summed E-state index contributed by atoms with van der Waals surface area (Å²) < 4.78 is 38.9. The van der Waals surface area contributed by atoms with Gasteiger partial charge in [0.15, 0.2) is 17.3 Å². The van der Waals surface area contributed by atoms with Gasteiger partial charge in [0.2, 0.25) is 23.8 Å². The molecule has 10 N–H and O–H groups in total. The Balaban J connectivity index is 1.32. The number of benzene rings is 3. The first-order valence-corrected chi connectivity index (χ1v) is 16.9. The van der Waals surface area contributed by atoms with E-state index in [1.165, 1.54) is 55.7 Å². The molecule has 2 aliphatic rings. The third kappa shape index (κ3) is 8.21. The highest BCUT2D eigenvalue weighted by Gasteiger charge is 2.47. The third-order valence-corrected chi connectivity index (χ3v) is 9.05. The Labute approximate surface area is 315 Å². The van der Waals surface area contributed by atoms with Gasteiger partial charge in [-0.15, -0.1) is 0 Å². The van der Waals surface area contributed by atoms with Gasteiger partial charge >= 0.3 is 5.97 Å². The zero-order valence-electron chi connectivity index (χ0n) is 29.2. The molecule has 0 radical (unpaired) electrons. The van der Waals surface area contributed by atoms with Gasteiger partial charge in [0.1, 0.15) is 83.7 Å². The second-order valence-corrected chi connectivity index (χ2v) is 12.8. The maximum Gasteiger partial charge on any atom is 0.330 e. The van der Waals surface area contributed by atoms with Crippen molar-refractivity contribution in [1.29, 1.82) is 0 Å². The number of esters is 1. The lowest BCUT2D eigenvalue weighted by molar-refractivity contribution is -0.278. The Morgan fingerprint density at radius 3 is 2.07 bits per heavy atom. The summed E-state index contributed by atoms with van der Waals surface area (Å²) in [7, 11) is 1.25. The van der Waals surface area contributed by atoms with E-state index >= 15 is 0 Å². The molecule has 300 valence electrons. The van der Waals surface area contributed by atoms with Gasteiger partial charge in [0.25, 0.3) is 0 Å². The van der Waals surface area contributed by atoms with Crippen LogP contribution in [0.5, 0.6) is 34.5 Å². The highest BCUT2D eigenvalue weighted by atomic mass is 16.7. The minimum atomic E-state index is -2.01. The number of carbonyl (C=O) groups is 1. The van der Waals surface area contributed by atoms with Crippen LogP contribution in [0.4, 0.5) is 0 Å². The molecule has 2 saturated heterocycles. The van der Waals surface area contributed by atoms with Crippen molar-refractivity contribution in [3.63, 3.8) is 0 Å². The van der Waals surface area contributed by atoms with E-state index in [4.69, 9.17) is 32.8 Å². The van der Waals surface area contributed by atoms with Crippen LogP contribution in [-0.4, -0.2) is 139 Å². The molecule has 1 aromatic heterocycles. The number of aromatic hydroxyl groups is 3. The van der Waals surface area contributed by atoms with Crippen LogP contribution in [0.25, 0.3) is 28.4 Å². The Morgan fingerprint density at radius 1 is 0.768 bits per heavy atom. The summed E-state index contributed by atoms with van der Waals surface area (Å²) >= 11 is 0. The molecule has 0 spiro atoms. The van der Waals surface area contributed by atoms with Crippen LogP contribution in [0.3, 0.4) is 0 Å². The lowest BCUT2D eigenvalue weighted by Crippen LogP contribution is -2.60. The molecule has 0 saturated carbocycles. The van der Waals surface area contributed by atoms with Crippen molar-refractivity contribution >= 4 is 23.0 Å². The fourth-order valence-corrected chi connectivity index (χ4v) is 5.97. The largest absolute Gasteiger partial charge is 0.508 e. The van der Waals surface area contributed by atoms with Crippen molar-refractivity contribution in [3.05, 3.63) is 76.5 Å². The number of rotatable bonds is 11. The summed E-state index contributed by atoms with van der Waals surface area (Å²) in [5.74, 6) is -3.37. The number of aliphatic hydroxyl groups excluding tert-OH is 7. The summed E-state index contributed by atoms with van der Waals surface area (Å²) in [6.45, 7) is -1.40. The monoisotopic (exact) mass is 786 g/mol. The Kier molecular flexibility index (Phi) is 12.0. The minimum Gasteiger partial charge on any atom is -0.508 e. The molecule has 10 atom stereocenters. The first kappa shape index (κ1) is 40.2. The summed E-state index contributed by atoms with van der Waals surface area (Å²) in [5, 5.41) is 103. The number of ether oxygens (including phenoxy) is 6. The molecule has 3 aromatic carbocycles. The van der Waals surface area contributed by atoms with E-state index in [0.29, 0.717) is 5.56 Å². The van der Waals surface area contributed by atoms with Crippen LogP contribution in [0.2, 0.25) is 0 Å². The second-order valence-electron chi connectivity index (χ2n) is 12.8. The molecule has 56 heavy (non-hydrogen) atoms. The Morgan fingerprint density at radius 2 is 1.41 bits per heavy atom. The van der Waals surface area contributed by atoms with E-state index in [-0.39, 0.29) is 34.1 Å². The summed E-state index contributed by atoms with van der Waals surface area (Å²) in [4.78, 5) is 26.6. The average molecular weight is 787 g/mol. The molecule has 19 heteroatoms. The fourth-order valence-electron chi connectivity index (χ4n) is 5.97. The van der Waals surface area contributed by atoms with Gasteiger partial charge in [0, 0.05) is 23.8 Å². The third-order valence-electron chi connectivity index (χ3n) is 9.05. The average Bonchev–Trinajstić information content (AvgIpc) is 3.18. The van der Waals surface area contributed by atoms with Crippen LogP contribution >= 0.6 is 0 Å². The topological polar surface area (TPSA) is 305 Å². The zero-order chi connectivity index (χ0) is 40.4. The highest BCUT2D eigenvalue weighted by Crippen LogP contribution is 2.40. The molecule has 0 aliphatic carbocycles. The van der Waals surface area contributed by atoms with Gasteiger partial charge in [-0.2, -0.15) is 0 Å². The van der Waals surface area contributed by atoms with Crippen molar-refractivity contribution in [1.82, 2.24) is 0 Å². The van der Waals surface area contributed by atoms with Gasteiger partial charge < -0.3 is 83.9 Å². The summed E-state index contributed by atoms with van der Waals surface area (Å²) in [5.41, 5.74) is -0.829. The standard InChI is InChI=1S/C37H38O19/c1-50-21-10-16(5-8-19(21)40)34-35(29(45)26-20(41)11-18(12-22(26)53-34)52-36-32(48)30(46)27(43)23(13-38)54-36)56-37-33(49)31(47)28(44)24(55-37)14-51-25(42)9-4-15-2-6-17(39)7-3-15/h2-12,23-24,27-28,30-33,36-41,43-44,46-49H,13-14H2,1H3/b9-4+/t23?,24-,27?,28-,30?,31+,32?,33-,36?,37+/m1/s1. The molecule has 3 heterocycles.